The largest absolute Gasteiger partial charge is 0.493 e. The molecule has 3 N–H and O–H groups in total. The molecule has 168 valence electrons. The SMILES string of the molecule is COC(=O)C(Cc1c[nH]c2ccccc12)N=Cc1c(O)n(-c2ccc(Br)cc2)c(=O)[nH]c1=O. The van der Waals surface area contributed by atoms with Crippen LogP contribution in [-0.4, -0.2) is 45.0 Å². The number of para-hydroxylation sites is 1. The zero-order valence-corrected chi connectivity index (χ0v) is 19.0. The summed E-state index contributed by atoms with van der Waals surface area (Å²) in [5.41, 5.74) is 0.206. The molecule has 4 rings (SSSR count). The van der Waals surface area contributed by atoms with E-state index in [1.807, 2.05) is 24.3 Å². The molecule has 9 nitrogen and oxygen atoms in total. The van der Waals surface area contributed by atoms with Crippen molar-refractivity contribution >= 4 is 39.0 Å². The van der Waals surface area contributed by atoms with E-state index in [-0.39, 0.29) is 12.0 Å². The first-order valence-corrected chi connectivity index (χ1v) is 10.7. The van der Waals surface area contributed by atoms with Gasteiger partial charge in [0.2, 0.25) is 5.88 Å². The van der Waals surface area contributed by atoms with Gasteiger partial charge < -0.3 is 14.8 Å². The number of benzene rings is 2. The van der Waals surface area contributed by atoms with E-state index >= 15 is 0 Å². The van der Waals surface area contributed by atoms with Gasteiger partial charge in [-0.2, -0.15) is 0 Å². The Labute approximate surface area is 195 Å². The molecular formula is C23H19BrN4O5. The number of halogens is 1. The van der Waals surface area contributed by atoms with Gasteiger partial charge in [0, 0.05) is 34.2 Å². The zero-order chi connectivity index (χ0) is 23.5. The first-order chi connectivity index (χ1) is 15.9. The number of rotatable bonds is 6. The molecule has 2 aromatic heterocycles. The van der Waals surface area contributed by atoms with E-state index in [0.717, 1.165) is 31.7 Å². The van der Waals surface area contributed by atoms with E-state index in [1.165, 1.54) is 7.11 Å². The Morgan fingerprint density at radius 3 is 2.67 bits per heavy atom. The Balaban J connectivity index is 1.72. The lowest BCUT2D eigenvalue weighted by molar-refractivity contribution is -0.142. The number of aromatic amines is 2. The van der Waals surface area contributed by atoms with Gasteiger partial charge in [-0.25, -0.2) is 14.2 Å². The van der Waals surface area contributed by atoms with E-state index < -0.39 is 29.1 Å². The highest BCUT2D eigenvalue weighted by atomic mass is 79.9. The summed E-state index contributed by atoms with van der Waals surface area (Å²) in [6.07, 6.45) is 3.08. The van der Waals surface area contributed by atoms with Crippen LogP contribution in [0.3, 0.4) is 0 Å². The predicted molar refractivity (Wildman–Crippen MR) is 127 cm³/mol. The van der Waals surface area contributed by atoms with Crippen molar-refractivity contribution < 1.29 is 14.6 Å². The first kappa shape index (κ1) is 22.3. The van der Waals surface area contributed by atoms with Crippen molar-refractivity contribution in [3.63, 3.8) is 0 Å². The molecule has 1 atom stereocenters. The molecule has 0 saturated carbocycles. The Hall–Kier alpha value is -3.92. The molecule has 33 heavy (non-hydrogen) atoms. The third kappa shape index (κ3) is 4.51. The fraction of sp³-hybridized carbons (Fsp3) is 0.130. The monoisotopic (exact) mass is 510 g/mol. The van der Waals surface area contributed by atoms with Gasteiger partial charge in [-0.15, -0.1) is 0 Å². The minimum absolute atomic E-state index is 0.207. The number of esters is 1. The van der Waals surface area contributed by atoms with Gasteiger partial charge in [0.05, 0.1) is 12.8 Å². The van der Waals surface area contributed by atoms with Gasteiger partial charge in [0.1, 0.15) is 5.56 Å². The molecule has 10 heteroatoms. The second-order valence-electron chi connectivity index (χ2n) is 7.19. The van der Waals surface area contributed by atoms with E-state index in [0.29, 0.717) is 5.69 Å². The summed E-state index contributed by atoms with van der Waals surface area (Å²) < 4.78 is 6.60. The van der Waals surface area contributed by atoms with Gasteiger partial charge in [-0.05, 0) is 35.9 Å². The Morgan fingerprint density at radius 2 is 1.94 bits per heavy atom. The van der Waals surface area contributed by atoms with Crippen molar-refractivity contribution in [2.45, 2.75) is 12.5 Å². The summed E-state index contributed by atoms with van der Waals surface area (Å²) in [7, 11) is 1.25. The molecule has 0 aliphatic rings. The van der Waals surface area contributed by atoms with Gasteiger partial charge in [0.25, 0.3) is 5.56 Å². The van der Waals surface area contributed by atoms with Crippen LogP contribution in [0.1, 0.15) is 11.1 Å². The predicted octanol–water partition coefficient (Wildman–Crippen LogP) is 2.68. The zero-order valence-electron chi connectivity index (χ0n) is 17.4. The topological polar surface area (TPSA) is 130 Å². The molecule has 4 aromatic rings. The van der Waals surface area contributed by atoms with Gasteiger partial charge in [-0.3, -0.25) is 14.8 Å². The lowest BCUT2D eigenvalue weighted by Gasteiger charge is -2.11. The molecule has 0 aliphatic carbocycles. The van der Waals surface area contributed by atoms with Gasteiger partial charge in [-0.1, -0.05) is 34.1 Å². The molecule has 0 spiro atoms. The van der Waals surface area contributed by atoms with E-state index in [1.54, 1.807) is 30.5 Å². The summed E-state index contributed by atoms with van der Waals surface area (Å²) in [5, 5.41) is 11.6. The molecular weight excluding hydrogens is 492 g/mol. The molecule has 2 aromatic carbocycles. The van der Waals surface area contributed by atoms with Crippen molar-refractivity contribution in [3.05, 3.63) is 91.2 Å². The second-order valence-corrected chi connectivity index (χ2v) is 8.10. The second kappa shape index (κ2) is 9.29. The smallest absolute Gasteiger partial charge is 0.335 e. The van der Waals surface area contributed by atoms with Crippen molar-refractivity contribution in [1.29, 1.82) is 0 Å². The number of aromatic hydroxyl groups is 1. The average molecular weight is 511 g/mol. The number of carbonyl (C=O) groups excluding carboxylic acids is 1. The highest BCUT2D eigenvalue weighted by Crippen LogP contribution is 2.21. The third-order valence-corrected chi connectivity index (χ3v) is 5.68. The van der Waals surface area contributed by atoms with E-state index in [2.05, 4.69) is 30.9 Å². The van der Waals surface area contributed by atoms with Crippen LogP contribution in [0.2, 0.25) is 0 Å². The van der Waals surface area contributed by atoms with Crippen LogP contribution in [-0.2, 0) is 16.0 Å². The average Bonchev–Trinajstić information content (AvgIpc) is 3.21. The fourth-order valence-corrected chi connectivity index (χ4v) is 3.76. The highest BCUT2D eigenvalue weighted by molar-refractivity contribution is 9.10. The number of nitrogens with one attached hydrogen (secondary N) is 2. The van der Waals surface area contributed by atoms with Crippen LogP contribution in [0.25, 0.3) is 16.6 Å². The van der Waals surface area contributed by atoms with Crippen molar-refractivity contribution in [2.75, 3.05) is 7.11 Å². The number of H-pyrrole nitrogens is 2. The van der Waals surface area contributed by atoms with Gasteiger partial charge >= 0.3 is 11.7 Å². The van der Waals surface area contributed by atoms with E-state index in [9.17, 15) is 19.5 Å². The molecule has 0 fully saturated rings. The molecule has 1 unspecified atom stereocenters. The van der Waals surface area contributed by atoms with Crippen molar-refractivity contribution in [1.82, 2.24) is 14.5 Å². The maximum atomic E-state index is 12.4. The normalized spacial score (nSPS) is 12.3. The summed E-state index contributed by atoms with van der Waals surface area (Å²) in [6, 6.07) is 13.2. The standard InChI is InChI=1S/C23H19BrN4O5/c1-33-22(31)19(10-13-11-25-18-5-3-2-4-16(13)18)26-12-17-20(29)27-23(32)28(21(17)30)15-8-6-14(24)7-9-15/h2-9,11-12,19,25,30H,10H2,1H3,(H,27,29,32). The summed E-state index contributed by atoms with van der Waals surface area (Å²) in [6.45, 7) is 0. The van der Waals surface area contributed by atoms with Crippen LogP contribution in [0.15, 0.2) is 73.8 Å². The van der Waals surface area contributed by atoms with Crippen LogP contribution < -0.4 is 11.2 Å². The first-order valence-electron chi connectivity index (χ1n) is 9.89. The lowest BCUT2D eigenvalue weighted by Crippen LogP contribution is -2.31. The van der Waals surface area contributed by atoms with Crippen LogP contribution in [0.4, 0.5) is 0 Å². The van der Waals surface area contributed by atoms with E-state index in [4.69, 9.17) is 4.74 Å². The maximum Gasteiger partial charge on any atom is 0.335 e. The Bertz CT molecular complexity index is 1470. The Morgan fingerprint density at radius 1 is 1.21 bits per heavy atom. The molecule has 0 aliphatic heterocycles. The summed E-state index contributed by atoms with van der Waals surface area (Å²) >= 11 is 3.31. The highest BCUT2D eigenvalue weighted by Gasteiger charge is 2.21. The van der Waals surface area contributed by atoms with Crippen LogP contribution in [0.5, 0.6) is 5.88 Å². The molecule has 2 heterocycles. The number of carbonyl (C=O) groups is 1. The number of methoxy groups -OCH3 is 1. The minimum Gasteiger partial charge on any atom is -0.493 e. The number of ether oxygens (including phenoxy) is 1. The minimum atomic E-state index is -0.971. The number of hydrogen-bond donors (Lipinski definition) is 3. The number of aromatic nitrogens is 3. The number of nitrogens with zero attached hydrogens (tertiary/aromatic N) is 2. The lowest BCUT2D eigenvalue weighted by atomic mass is 10.1. The number of hydrogen-bond acceptors (Lipinski definition) is 6. The van der Waals surface area contributed by atoms with Crippen LogP contribution in [0, 0.1) is 0 Å². The third-order valence-electron chi connectivity index (χ3n) is 5.15. The van der Waals surface area contributed by atoms with Crippen LogP contribution >= 0.6 is 15.9 Å². The molecule has 0 bridgehead atoms. The summed E-state index contributed by atoms with van der Waals surface area (Å²) in [4.78, 5) is 46.7. The maximum absolute atomic E-state index is 12.4. The van der Waals surface area contributed by atoms with Crippen molar-refractivity contribution in [2.24, 2.45) is 4.99 Å². The van der Waals surface area contributed by atoms with Crippen molar-refractivity contribution in [3.8, 4) is 11.6 Å². The molecule has 0 saturated heterocycles. The molecule has 0 amide bonds. The summed E-state index contributed by atoms with van der Waals surface area (Å²) in [5.74, 6) is -1.20. The number of fused-ring (bicyclic) bond motifs is 1. The Kier molecular flexibility index (Phi) is 6.27. The fourth-order valence-electron chi connectivity index (χ4n) is 3.49. The number of aliphatic imine (C=N–C) groups is 1. The molecule has 0 radical (unpaired) electrons. The van der Waals surface area contributed by atoms with Gasteiger partial charge in [0.15, 0.2) is 6.04 Å². The quantitative estimate of drug-likeness (QED) is 0.271.